The Morgan fingerprint density at radius 1 is 1.36 bits per heavy atom. The molecule has 2 aromatic carbocycles. The topological polar surface area (TPSA) is 124 Å². The summed E-state index contributed by atoms with van der Waals surface area (Å²) in [6.45, 7) is 0. The highest BCUT2D eigenvalue weighted by atomic mass is 127. The molecule has 0 spiro atoms. The van der Waals surface area contributed by atoms with Crippen molar-refractivity contribution in [1.82, 2.24) is 4.98 Å². The molecule has 0 aliphatic rings. The average Bonchev–Trinajstić information content (AvgIpc) is 3.00. The standard InChI is InChI=1S/C16H10ClIN6O/c17-11-3-1-8(18)5-10(11)16-22-12-6-9(2-4-14(12)25-16)23-24-13(7-19)15(20)21/h1-6,23H,(H3,20,21)/b24-13+. The van der Waals surface area contributed by atoms with Crippen molar-refractivity contribution in [2.45, 2.75) is 0 Å². The monoisotopic (exact) mass is 464 g/mol. The summed E-state index contributed by atoms with van der Waals surface area (Å²) in [5, 5.41) is 20.4. The van der Waals surface area contributed by atoms with Crippen LogP contribution >= 0.6 is 34.2 Å². The summed E-state index contributed by atoms with van der Waals surface area (Å²) in [7, 11) is 0. The van der Waals surface area contributed by atoms with E-state index in [0.29, 0.717) is 33.3 Å². The van der Waals surface area contributed by atoms with E-state index in [1.807, 2.05) is 12.1 Å². The highest BCUT2D eigenvalue weighted by Gasteiger charge is 2.12. The zero-order valence-electron chi connectivity index (χ0n) is 12.5. The molecule has 1 heterocycles. The van der Waals surface area contributed by atoms with Crippen LogP contribution in [0, 0.1) is 20.3 Å². The lowest BCUT2D eigenvalue weighted by Crippen LogP contribution is -2.21. The molecular weight excluding hydrogens is 455 g/mol. The van der Waals surface area contributed by atoms with E-state index >= 15 is 0 Å². The van der Waals surface area contributed by atoms with Crippen LogP contribution in [0.25, 0.3) is 22.6 Å². The maximum absolute atomic E-state index is 8.84. The Morgan fingerprint density at radius 3 is 2.88 bits per heavy atom. The van der Waals surface area contributed by atoms with Gasteiger partial charge in [-0.15, -0.1) is 0 Å². The number of anilines is 1. The Hall–Kier alpha value is -2.64. The van der Waals surface area contributed by atoms with E-state index in [1.54, 1.807) is 30.3 Å². The second kappa shape index (κ2) is 7.08. The molecule has 0 bridgehead atoms. The second-order valence-corrected chi connectivity index (χ2v) is 6.58. The zero-order chi connectivity index (χ0) is 18.0. The van der Waals surface area contributed by atoms with Crippen LogP contribution in [0.4, 0.5) is 5.69 Å². The van der Waals surface area contributed by atoms with Gasteiger partial charge in [-0.3, -0.25) is 10.8 Å². The average molecular weight is 465 g/mol. The number of benzene rings is 2. The predicted molar refractivity (Wildman–Crippen MR) is 106 cm³/mol. The van der Waals surface area contributed by atoms with Gasteiger partial charge in [0.2, 0.25) is 11.6 Å². The Balaban J connectivity index is 1.96. The van der Waals surface area contributed by atoms with Crippen molar-refractivity contribution in [3.05, 3.63) is 45.0 Å². The van der Waals surface area contributed by atoms with E-state index in [-0.39, 0.29) is 5.71 Å². The molecule has 3 aromatic rings. The van der Waals surface area contributed by atoms with E-state index in [9.17, 15) is 0 Å². The SMILES string of the molecule is N#C/C(=N\Nc1ccc2oc(-c3cc(I)ccc3Cl)nc2c1)C(=N)N. The lowest BCUT2D eigenvalue weighted by Gasteiger charge is -2.00. The van der Waals surface area contributed by atoms with Crippen LogP contribution in [-0.2, 0) is 0 Å². The minimum atomic E-state index is -0.409. The second-order valence-electron chi connectivity index (χ2n) is 4.92. The van der Waals surface area contributed by atoms with Gasteiger partial charge in [0.1, 0.15) is 11.6 Å². The molecule has 3 rings (SSSR count). The molecule has 4 N–H and O–H groups in total. The van der Waals surface area contributed by atoms with Gasteiger partial charge in [0.15, 0.2) is 11.4 Å². The first kappa shape index (κ1) is 17.2. The van der Waals surface area contributed by atoms with E-state index in [4.69, 9.17) is 32.4 Å². The molecule has 0 radical (unpaired) electrons. The number of aromatic nitrogens is 1. The van der Waals surface area contributed by atoms with E-state index in [2.05, 4.69) is 38.1 Å². The van der Waals surface area contributed by atoms with E-state index < -0.39 is 5.84 Å². The Bertz CT molecular complexity index is 1050. The van der Waals surface area contributed by atoms with Gasteiger partial charge in [-0.1, -0.05) is 11.6 Å². The molecule has 0 atom stereocenters. The molecule has 0 fully saturated rings. The zero-order valence-corrected chi connectivity index (χ0v) is 15.5. The highest BCUT2D eigenvalue weighted by molar-refractivity contribution is 14.1. The molecule has 0 unspecified atom stereocenters. The van der Waals surface area contributed by atoms with Gasteiger partial charge >= 0.3 is 0 Å². The van der Waals surface area contributed by atoms with Gasteiger partial charge in [0.05, 0.1) is 16.3 Å². The molecule has 0 aliphatic heterocycles. The van der Waals surface area contributed by atoms with Crippen LogP contribution in [0.3, 0.4) is 0 Å². The number of oxazole rings is 1. The Kier molecular flexibility index (Phi) is 4.87. The van der Waals surface area contributed by atoms with Crippen molar-refractivity contribution < 1.29 is 4.42 Å². The minimum Gasteiger partial charge on any atom is -0.436 e. The summed E-state index contributed by atoms with van der Waals surface area (Å²) >= 11 is 8.42. The first-order valence-corrected chi connectivity index (χ1v) is 8.38. The molecule has 1 aromatic heterocycles. The third-order valence-electron chi connectivity index (χ3n) is 3.20. The lowest BCUT2D eigenvalue weighted by atomic mass is 10.2. The fourth-order valence-electron chi connectivity index (χ4n) is 2.04. The van der Waals surface area contributed by atoms with E-state index in [0.717, 1.165) is 3.57 Å². The first-order valence-electron chi connectivity index (χ1n) is 6.92. The normalized spacial score (nSPS) is 11.3. The molecule has 7 nitrogen and oxygen atoms in total. The summed E-state index contributed by atoms with van der Waals surface area (Å²) in [5.41, 5.74) is 10.2. The number of amidine groups is 1. The molecular formula is C16H10ClIN6O. The fraction of sp³-hybridized carbons (Fsp3) is 0. The lowest BCUT2D eigenvalue weighted by molar-refractivity contribution is 0.620. The van der Waals surface area contributed by atoms with E-state index in [1.165, 1.54) is 0 Å². The molecule has 9 heteroatoms. The van der Waals surface area contributed by atoms with Gasteiger partial charge < -0.3 is 10.2 Å². The van der Waals surface area contributed by atoms with Crippen LogP contribution in [0.1, 0.15) is 0 Å². The number of halogens is 2. The number of nitrogens with zero attached hydrogens (tertiary/aromatic N) is 3. The van der Waals surface area contributed by atoms with Crippen molar-refractivity contribution >= 4 is 62.5 Å². The van der Waals surface area contributed by atoms with Crippen LogP contribution in [0.5, 0.6) is 0 Å². The molecule has 0 amide bonds. The largest absolute Gasteiger partial charge is 0.436 e. The highest BCUT2D eigenvalue weighted by Crippen LogP contribution is 2.32. The molecule has 124 valence electrons. The third kappa shape index (κ3) is 3.72. The number of fused-ring (bicyclic) bond motifs is 1. The Morgan fingerprint density at radius 2 is 2.16 bits per heavy atom. The minimum absolute atomic E-state index is 0.202. The van der Waals surface area contributed by atoms with Crippen molar-refractivity contribution in [3.8, 4) is 17.5 Å². The number of hydrazone groups is 1. The van der Waals surface area contributed by atoms with Gasteiger partial charge in [-0.05, 0) is 59.0 Å². The Labute approximate surface area is 161 Å². The number of nitriles is 1. The fourth-order valence-corrected chi connectivity index (χ4v) is 2.73. The van der Waals surface area contributed by atoms with Crippen LogP contribution in [0.2, 0.25) is 5.02 Å². The first-order chi connectivity index (χ1) is 12.0. The van der Waals surface area contributed by atoms with Gasteiger partial charge in [-0.2, -0.15) is 10.4 Å². The van der Waals surface area contributed by atoms with Crippen molar-refractivity contribution in [3.63, 3.8) is 0 Å². The summed E-state index contributed by atoms with van der Waals surface area (Å²) in [6, 6.07) is 12.5. The summed E-state index contributed by atoms with van der Waals surface area (Å²) in [5.74, 6) is 0.00809. The molecule has 25 heavy (non-hydrogen) atoms. The van der Waals surface area contributed by atoms with Gasteiger partial charge in [-0.25, -0.2) is 4.98 Å². The number of nitrogens with one attached hydrogen (secondary N) is 2. The van der Waals surface area contributed by atoms with Crippen LogP contribution in [-0.4, -0.2) is 16.5 Å². The third-order valence-corrected chi connectivity index (χ3v) is 4.20. The van der Waals surface area contributed by atoms with Crippen molar-refractivity contribution in [1.29, 1.82) is 10.7 Å². The molecule has 0 saturated carbocycles. The quantitative estimate of drug-likeness (QED) is 0.233. The number of hydrogen-bond donors (Lipinski definition) is 3. The summed E-state index contributed by atoms with van der Waals surface area (Å²) < 4.78 is 6.78. The van der Waals surface area contributed by atoms with Gasteiger partial charge in [0, 0.05) is 3.57 Å². The van der Waals surface area contributed by atoms with Crippen molar-refractivity contribution in [2.75, 3.05) is 5.43 Å². The smallest absolute Gasteiger partial charge is 0.228 e. The summed E-state index contributed by atoms with van der Waals surface area (Å²) in [6.07, 6.45) is 0. The summed E-state index contributed by atoms with van der Waals surface area (Å²) in [4.78, 5) is 4.45. The van der Waals surface area contributed by atoms with Crippen molar-refractivity contribution in [2.24, 2.45) is 10.8 Å². The van der Waals surface area contributed by atoms with Crippen LogP contribution < -0.4 is 11.2 Å². The molecule has 0 saturated heterocycles. The van der Waals surface area contributed by atoms with Gasteiger partial charge in [0.25, 0.3) is 0 Å². The molecule has 0 aliphatic carbocycles. The maximum Gasteiger partial charge on any atom is 0.228 e. The maximum atomic E-state index is 8.84. The predicted octanol–water partition coefficient (Wildman–Crippen LogP) is 3.98. The number of rotatable bonds is 4. The number of nitrogens with two attached hydrogens (primary N) is 1. The van der Waals surface area contributed by atoms with Crippen LogP contribution in [0.15, 0.2) is 45.9 Å². The number of hydrogen-bond acceptors (Lipinski definition) is 6.